The topological polar surface area (TPSA) is 26.3 Å². The lowest BCUT2D eigenvalue weighted by molar-refractivity contribution is -0.134. The molecule has 0 aromatic heterocycles. The molecule has 0 bridgehead atoms. The van der Waals surface area contributed by atoms with Crippen molar-refractivity contribution in [3.05, 3.63) is 40.4 Å². The van der Waals surface area contributed by atoms with Crippen molar-refractivity contribution in [2.24, 2.45) is 0 Å². The Morgan fingerprint density at radius 3 is 2.77 bits per heavy atom. The monoisotopic (exact) mass is 240 g/mol. The fraction of sp³-hybridized carbons (Fsp3) is 0.100. The third kappa shape index (κ3) is 3.03. The van der Waals surface area contributed by atoms with Gasteiger partial charge in [0.2, 0.25) is 0 Å². The van der Waals surface area contributed by atoms with Gasteiger partial charge >= 0.3 is 5.97 Å². The third-order valence-electron chi connectivity index (χ3n) is 1.51. The lowest BCUT2D eigenvalue weighted by Crippen LogP contribution is -1.93. The zero-order valence-corrected chi connectivity index (χ0v) is 8.74. The van der Waals surface area contributed by atoms with Gasteiger partial charge in [-0.2, -0.15) is 0 Å². The molecule has 1 rings (SSSR count). The molecule has 1 aromatic rings. The molecule has 0 saturated carbocycles. The van der Waals surface area contributed by atoms with Crippen molar-refractivity contribution in [2.75, 3.05) is 7.11 Å². The van der Waals surface area contributed by atoms with Crippen LogP contribution >= 0.6 is 15.9 Å². The van der Waals surface area contributed by atoms with Gasteiger partial charge in [-0.1, -0.05) is 34.1 Å². The Hall–Kier alpha value is -1.09. The summed E-state index contributed by atoms with van der Waals surface area (Å²) >= 11 is 3.36. The zero-order chi connectivity index (χ0) is 9.68. The quantitative estimate of drug-likeness (QED) is 0.587. The number of hydrogen-bond donors (Lipinski definition) is 0. The standard InChI is InChI=1S/C10H9BrO2/c1-13-10(12)7-6-8-4-2-3-5-9(8)11/h2-7H,1H3/b7-6+. The minimum absolute atomic E-state index is 0.351. The zero-order valence-electron chi connectivity index (χ0n) is 7.16. The highest BCUT2D eigenvalue weighted by Crippen LogP contribution is 2.16. The Kier molecular flexibility index (Phi) is 3.71. The Bertz CT molecular complexity index is 331. The lowest BCUT2D eigenvalue weighted by Gasteiger charge is -1.95. The molecule has 0 aliphatic carbocycles. The first-order valence-electron chi connectivity index (χ1n) is 3.74. The van der Waals surface area contributed by atoms with E-state index < -0.39 is 0 Å². The summed E-state index contributed by atoms with van der Waals surface area (Å²) in [7, 11) is 1.35. The van der Waals surface area contributed by atoms with Gasteiger partial charge in [-0.05, 0) is 17.7 Å². The summed E-state index contributed by atoms with van der Waals surface area (Å²) in [5, 5.41) is 0. The second kappa shape index (κ2) is 4.82. The molecule has 0 aliphatic heterocycles. The molecular formula is C10H9BrO2. The Morgan fingerprint density at radius 2 is 2.15 bits per heavy atom. The highest BCUT2D eigenvalue weighted by Gasteiger charge is 1.95. The fourth-order valence-electron chi connectivity index (χ4n) is 0.836. The smallest absolute Gasteiger partial charge is 0.330 e. The average Bonchev–Trinajstić information content (AvgIpc) is 2.16. The second-order valence-corrected chi connectivity index (χ2v) is 3.23. The second-order valence-electron chi connectivity index (χ2n) is 2.38. The van der Waals surface area contributed by atoms with Crippen molar-refractivity contribution in [1.29, 1.82) is 0 Å². The average molecular weight is 241 g/mol. The van der Waals surface area contributed by atoms with E-state index in [0.717, 1.165) is 10.0 Å². The minimum atomic E-state index is -0.351. The van der Waals surface area contributed by atoms with Crippen molar-refractivity contribution in [2.45, 2.75) is 0 Å². The van der Waals surface area contributed by atoms with Gasteiger partial charge in [0.1, 0.15) is 0 Å². The van der Waals surface area contributed by atoms with Gasteiger partial charge in [-0.3, -0.25) is 0 Å². The van der Waals surface area contributed by atoms with Crippen molar-refractivity contribution in [3.8, 4) is 0 Å². The summed E-state index contributed by atoms with van der Waals surface area (Å²) in [6.07, 6.45) is 3.09. The predicted octanol–water partition coefficient (Wildman–Crippen LogP) is 2.64. The number of ether oxygens (including phenoxy) is 1. The maximum atomic E-state index is 10.8. The van der Waals surface area contributed by atoms with E-state index in [2.05, 4.69) is 20.7 Å². The van der Waals surface area contributed by atoms with Gasteiger partial charge in [0.25, 0.3) is 0 Å². The Morgan fingerprint density at radius 1 is 1.46 bits per heavy atom. The van der Waals surface area contributed by atoms with Crippen molar-refractivity contribution in [3.63, 3.8) is 0 Å². The maximum Gasteiger partial charge on any atom is 0.330 e. The minimum Gasteiger partial charge on any atom is -0.466 e. The normalized spacial score (nSPS) is 10.3. The van der Waals surface area contributed by atoms with Gasteiger partial charge in [0, 0.05) is 10.5 Å². The summed E-state index contributed by atoms with van der Waals surface area (Å²) in [6, 6.07) is 7.64. The van der Waals surface area contributed by atoms with E-state index in [4.69, 9.17) is 0 Å². The molecule has 0 aliphatic rings. The van der Waals surface area contributed by atoms with Crippen LogP contribution in [0.5, 0.6) is 0 Å². The van der Waals surface area contributed by atoms with Crippen molar-refractivity contribution in [1.82, 2.24) is 0 Å². The molecule has 0 fully saturated rings. The number of carbonyl (C=O) groups excluding carboxylic acids is 1. The molecule has 0 unspecified atom stereocenters. The molecule has 0 radical (unpaired) electrons. The van der Waals surface area contributed by atoms with Gasteiger partial charge in [-0.15, -0.1) is 0 Å². The molecule has 0 atom stereocenters. The van der Waals surface area contributed by atoms with Crippen LogP contribution < -0.4 is 0 Å². The molecule has 0 heterocycles. The van der Waals surface area contributed by atoms with Gasteiger partial charge in [0.15, 0.2) is 0 Å². The van der Waals surface area contributed by atoms with Crippen LogP contribution in [-0.4, -0.2) is 13.1 Å². The van der Waals surface area contributed by atoms with Crippen LogP contribution in [0.2, 0.25) is 0 Å². The molecule has 0 saturated heterocycles. The Balaban J connectivity index is 2.80. The van der Waals surface area contributed by atoms with Crippen molar-refractivity contribution >= 4 is 28.0 Å². The molecule has 3 heteroatoms. The highest BCUT2D eigenvalue weighted by atomic mass is 79.9. The largest absolute Gasteiger partial charge is 0.466 e. The number of esters is 1. The summed E-state index contributed by atoms with van der Waals surface area (Å²) < 4.78 is 5.42. The number of benzene rings is 1. The van der Waals surface area contributed by atoms with E-state index in [9.17, 15) is 4.79 Å². The summed E-state index contributed by atoms with van der Waals surface area (Å²) in [5.74, 6) is -0.351. The van der Waals surface area contributed by atoms with E-state index in [1.165, 1.54) is 13.2 Å². The summed E-state index contributed by atoms with van der Waals surface area (Å²) in [5.41, 5.74) is 0.952. The van der Waals surface area contributed by atoms with E-state index in [1.54, 1.807) is 6.08 Å². The Labute approximate surface area is 85.3 Å². The van der Waals surface area contributed by atoms with Crippen LogP contribution in [-0.2, 0) is 9.53 Å². The first kappa shape index (κ1) is 9.99. The van der Waals surface area contributed by atoms with Gasteiger partial charge in [-0.25, -0.2) is 4.79 Å². The van der Waals surface area contributed by atoms with Crippen LogP contribution in [0.3, 0.4) is 0 Å². The van der Waals surface area contributed by atoms with E-state index in [-0.39, 0.29) is 5.97 Å². The lowest BCUT2D eigenvalue weighted by atomic mass is 10.2. The predicted molar refractivity (Wildman–Crippen MR) is 55.2 cm³/mol. The number of carbonyl (C=O) groups is 1. The number of methoxy groups -OCH3 is 1. The molecular weight excluding hydrogens is 232 g/mol. The number of hydrogen-bond acceptors (Lipinski definition) is 2. The molecule has 1 aromatic carbocycles. The molecule has 68 valence electrons. The summed E-state index contributed by atoms with van der Waals surface area (Å²) in [4.78, 5) is 10.8. The van der Waals surface area contributed by atoms with E-state index in [1.807, 2.05) is 24.3 Å². The van der Waals surface area contributed by atoms with Crippen LogP contribution in [0.15, 0.2) is 34.8 Å². The first-order valence-corrected chi connectivity index (χ1v) is 4.54. The molecule has 0 spiro atoms. The SMILES string of the molecule is COC(=O)/C=C/c1ccccc1Br. The van der Waals surface area contributed by atoms with Crippen LogP contribution in [0.4, 0.5) is 0 Å². The maximum absolute atomic E-state index is 10.8. The third-order valence-corrected chi connectivity index (χ3v) is 2.23. The number of rotatable bonds is 2. The van der Waals surface area contributed by atoms with Crippen LogP contribution in [0, 0.1) is 0 Å². The van der Waals surface area contributed by atoms with Crippen LogP contribution in [0.25, 0.3) is 6.08 Å². The van der Waals surface area contributed by atoms with E-state index >= 15 is 0 Å². The molecule has 0 N–H and O–H groups in total. The molecule has 2 nitrogen and oxygen atoms in total. The van der Waals surface area contributed by atoms with Gasteiger partial charge in [0.05, 0.1) is 7.11 Å². The first-order chi connectivity index (χ1) is 6.24. The summed E-state index contributed by atoms with van der Waals surface area (Å²) in [6.45, 7) is 0. The van der Waals surface area contributed by atoms with Gasteiger partial charge < -0.3 is 4.74 Å². The fourth-order valence-corrected chi connectivity index (χ4v) is 1.25. The molecule has 13 heavy (non-hydrogen) atoms. The highest BCUT2D eigenvalue weighted by molar-refractivity contribution is 9.10. The number of halogens is 1. The van der Waals surface area contributed by atoms with Crippen molar-refractivity contribution < 1.29 is 9.53 Å². The molecule has 0 amide bonds. The van der Waals surface area contributed by atoms with E-state index in [0.29, 0.717) is 0 Å². The van der Waals surface area contributed by atoms with Crippen LogP contribution in [0.1, 0.15) is 5.56 Å².